The molecule has 2 aromatic carbocycles. The van der Waals surface area contributed by atoms with Crippen molar-refractivity contribution in [2.45, 2.75) is 24.8 Å². The number of carbonyl (C=O) groups is 2. The summed E-state index contributed by atoms with van der Waals surface area (Å²) >= 11 is 6.49. The third-order valence-corrected chi connectivity index (χ3v) is 6.57. The first-order valence-corrected chi connectivity index (χ1v) is 10.4. The van der Waals surface area contributed by atoms with Crippen molar-refractivity contribution in [1.29, 1.82) is 0 Å². The van der Waals surface area contributed by atoms with Gasteiger partial charge in [0.05, 0.1) is 24.2 Å². The van der Waals surface area contributed by atoms with Crippen LogP contribution in [0.1, 0.15) is 45.0 Å². The van der Waals surface area contributed by atoms with Gasteiger partial charge in [0.2, 0.25) is 0 Å². The van der Waals surface area contributed by atoms with Crippen molar-refractivity contribution in [1.82, 2.24) is 4.90 Å². The number of anilines is 1. The number of likely N-dealkylation sites (tertiary alicyclic amines) is 1. The van der Waals surface area contributed by atoms with E-state index in [0.29, 0.717) is 16.3 Å². The summed E-state index contributed by atoms with van der Waals surface area (Å²) < 4.78 is 19.1. The number of esters is 1. The molecule has 1 saturated heterocycles. The zero-order valence-corrected chi connectivity index (χ0v) is 17.7. The first-order valence-electron chi connectivity index (χ1n) is 10.1. The minimum Gasteiger partial charge on any atom is -0.465 e. The molecule has 2 heterocycles. The van der Waals surface area contributed by atoms with Gasteiger partial charge in [0, 0.05) is 16.8 Å². The molecule has 2 atom stereocenters. The van der Waals surface area contributed by atoms with Gasteiger partial charge in [-0.1, -0.05) is 29.8 Å². The van der Waals surface area contributed by atoms with Crippen molar-refractivity contribution in [2.75, 3.05) is 32.6 Å². The van der Waals surface area contributed by atoms with E-state index < -0.39 is 17.7 Å². The summed E-state index contributed by atoms with van der Waals surface area (Å²) in [5.74, 6) is -1.93. The molecule has 2 aliphatic heterocycles. The average molecular weight is 431 g/mol. The number of Topliss-reactive ketones (excluding diaryl/α,β-unsaturated/α-hetero) is 1. The number of fused-ring (bicyclic) bond motifs is 1. The Bertz CT molecular complexity index is 988. The lowest BCUT2D eigenvalue weighted by atomic mass is 9.72. The van der Waals surface area contributed by atoms with Gasteiger partial charge in [-0.2, -0.15) is 0 Å². The van der Waals surface area contributed by atoms with Gasteiger partial charge in [-0.05, 0) is 62.7 Å². The molecule has 158 valence electrons. The molecule has 1 fully saturated rings. The van der Waals surface area contributed by atoms with E-state index >= 15 is 0 Å². The SMILES string of the molecule is COC(=O)c1cc(F)cc2c1C(=O)C(c1ccccc1Cl)C(C1CCN(C)CC1)N2. The summed E-state index contributed by atoms with van der Waals surface area (Å²) in [6, 6.07) is 9.37. The minimum atomic E-state index is -0.739. The normalized spacial score (nSPS) is 22.3. The second-order valence-corrected chi connectivity index (χ2v) is 8.45. The van der Waals surface area contributed by atoms with Crippen LogP contribution in [0.5, 0.6) is 0 Å². The second kappa shape index (κ2) is 8.36. The fraction of sp³-hybridized carbons (Fsp3) is 0.391. The van der Waals surface area contributed by atoms with Crippen LogP contribution >= 0.6 is 11.6 Å². The van der Waals surface area contributed by atoms with Crippen LogP contribution in [0.4, 0.5) is 10.1 Å². The molecule has 5 nitrogen and oxygen atoms in total. The number of carbonyl (C=O) groups excluding carboxylic acids is 2. The molecule has 0 aromatic heterocycles. The Hall–Kier alpha value is -2.44. The van der Waals surface area contributed by atoms with Gasteiger partial charge in [-0.3, -0.25) is 4.79 Å². The number of hydrogen-bond acceptors (Lipinski definition) is 5. The van der Waals surface area contributed by atoms with Gasteiger partial charge in [0.1, 0.15) is 5.82 Å². The highest BCUT2D eigenvalue weighted by atomic mass is 35.5. The van der Waals surface area contributed by atoms with Gasteiger partial charge < -0.3 is 15.0 Å². The number of methoxy groups -OCH3 is 1. The summed E-state index contributed by atoms with van der Waals surface area (Å²) in [5.41, 5.74) is 1.15. The zero-order valence-electron chi connectivity index (χ0n) is 17.0. The van der Waals surface area contributed by atoms with E-state index in [1.165, 1.54) is 13.2 Å². The van der Waals surface area contributed by atoms with Crippen molar-refractivity contribution in [2.24, 2.45) is 5.92 Å². The molecule has 0 aliphatic carbocycles. The van der Waals surface area contributed by atoms with Crippen molar-refractivity contribution >= 4 is 29.0 Å². The van der Waals surface area contributed by atoms with E-state index in [9.17, 15) is 14.0 Å². The Labute approximate surface area is 180 Å². The number of ketones is 1. The molecule has 0 spiro atoms. The van der Waals surface area contributed by atoms with Crippen molar-refractivity contribution < 1.29 is 18.7 Å². The summed E-state index contributed by atoms with van der Waals surface area (Å²) in [5, 5.41) is 3.90. The molecule has 4 rings (SSSR count). The Morgan fingerprint density at radius 3 is 2.60 bits per heavy atom. The van der Waals surface area contributed by atoms with Crippen molar-refractivity contribution in [3.63, 3.8) is 0 Å². The van der Waals surface area contributed by atoms with Gasteiger partial charge in [-0.15, -0.1) is 0 Å². The minimum absolute atomic E-state index is 0.0659. The van der Waals surface area contributed by atoms with Crippen LogP contribution in [0.15, 0.2) is 36.4 Å². The molecular formula is C23H24ClFN2O3. The maximum Gasteiger partial charge on any atom is 0.338 e. The molecule has 0 saturated carbocycles. The zero-order chi connectivity index (χ0) is 21.4. The number of piperidine rings is 1. The lowest BCUT2D eigenvalue weighted by molar-refractivity contribution is 0.0595. The van der Waals surface area contributed by atoms with Crippen LogP contribution in [0.2, 0.25) is 5.02 Å². The summed E-state index contributed by atoms with van der Waals surface area (Å²) in [7, 11) is 3.29. The van der Waals surface area contributed by atoms with Gasteiger partial charge in [-0.25, -0.2) is 9.18 Å². The number of nitrogens with one attached hydrogen (secondary N) is 1. The monoisotopic (exact) mass is 430 g/mol. The van der Waals surface area contributed by atoms with Crippen LogP contribution in [-0.4, -0.2) is 49.9 Å². The predicted molar refractivity (Wildman–Crippen MR) is 114 cm³/mol. The number of rotatable bonds is 3. The van der Waals surface area contributed by atoms with Crippen molar-refractivity contribution in [3.05, 3.63) is 63.9 Å². The van der Waals surface area contributed by atoms with E-state index in [-0.39, 0.29) is 28.9 Å². The van der Waals surface area contributed by atoms with E-state index in [0.717, 1.165) is 32.0 Å². The molecule has 2 unspecified atom stereocenters. The van der Waals surface area contributed by atoms with Crippen LogP contribution in [0.25, 0.3) is 0 Å². The maximum absolute atomic E-state index is 14.3. The van der Waals surface area contributed by atoms with Crippen LogP contribution in [0.3, 0.4) is 0 Å². The Morgan fingerprint density at radius 1 is 1.23 bits per heavy atom. The fourth-order valence-electron chi connectivity index (χ4n) is 4.68. The topological polar surface area (TPSA) is 58.6 Å². The lowest BCUT2D eigenvalue weighted by Crippen LogP contribution is -2.47. The number of hydrogen-bond donors (Lipinski definition) is 1. The molecule has 1 N–H and O–H groups in total. The lowest BCUT2D eigenvalue weighted by Gasteiger charge is -2.42. The van der Waals surface area contributed by atoms with Crippen molar-refractivity contribution in [3.8, 4) is 0 Å². The number of benzene rings is 2. The maximum atomic E-state index is 14.3. The smallest absolute Gasteiger partial charge is 0.338 e. The molecule has 0 amide bonds. The third kappa shape index (κ3) is 3.70. The summed E-state index contributed by atoms with van der Waals surface area (Å²) in [6.07, 6.45) is 1.83. The first kappa shape index (κ1) is 20.8. The summed E-state index contributed by atoms with van der Waals surface area (Å²) in [4.78, 5) is 28.4. The average Bonchev–Trinajstić information content (AvgIpc) is 2.73. The van der Waals surface area contributed by atoms with E-state index in [1.807, 2.05) is 18.2 Å². The van der Waals surface area contributed by atoms with E-state index in [1.54, 1.807) is 6.07 Å². The number of nitrogens with zero attached hydrogens (tertiary/aromatic N) is 1. The van der Waals surface area contributed by atoms with Gasteiger partial charge in [0.25, 0.3) is 0 Å². The first-order chi connectivity index (χ1) is 14.4. The largest absolute Gasteiger partial charge is 0.465 e. The molecule has 7 heteroatoms. The number of ether oxygens (including phenoxy) is 1. The molecular weight excluding hydrogens is 407 g/mol. The second-order valence-electron chi connectivity index (χ2n) is 8.04. The third-order valence-electron chi connectivity index (χ3n) is 6.23. The van der Waals surface area contributed by atoms with E-state index in [4.69, 9.17) is 16.3 Å². The van der Waals surface area contributed by atoms with Crippen LogP contribution < -0.4 is 5.32 Å². The van der Waals surface area contributed by atoms with Gasteiger partial charge >= 0.3 is 5.97 Å². The predicted octanol–water partition coefficient (Wildman–Crippen LogP) is 4.37. The molecule has 30 heavy (non-hydrogen) atoms. The quantitative estimate of drug-likeness (QED) is 0.733. The van der Waals surface area contributed by atoms with Crippen LogP contribution in [0, 0.1) is 11.7 Å². The van der Waals surface area contributed by atoms with E-state index in [2.05, 4.69) is 17.3 Å². The Kier molecular flexibility index (Phi) is 5.80. The van der Waals surface area contributed by atoms with Crippen LogP contribution in [-0.2, 0) is 4.74 Å². The summed E-state index contributed by atoms with van der Waals surface area (Å²) in [6.45, 7) is 1.85. The molecule has 2 aliphatic rings. The fourth-order valence-corrected chi connectivity index (χ4v) is 4.93. The molecule has 0 bridgehead atoms. The standard InChI is InChI=1S/C23H24ClFN2O3/c1-27-9-7-13(8-10-27)21-20(15-5-3-4-6-17(15)24)22(28)19-16(23(29)30-2)11-14(25)12-18(19)26-21/h3-6,11-13,20-21,26H,7-10H2,1-2H3. The highest BCUT2D eigenvalue weighted by Crippen LogP contribution is 2.43. The molecule has 0 radical (unpaired) electrons. The highest BCUT2D eigenvalue weighted by Gasteiger charge is 2.43. The Balaban J connectivity index is 1.85. The number of halogens is 2. The van der Waals surface area contributed by atoms with Gasteiger partial charge in [0.15, 0.2) is 5.78 Å². The molecule has 2 aromatic rings. The highest BCUT2D eigenvalue weighted by molar-refractivity contribution is 6.32. The Morgan fingerprint density at radius 2 is 1.93 bits per heavy atom.